The molecule has 0 spiro atoms. The molecule has 0 heterocycles. The van der Waals surface area contributed by atoms with E-state index in [1.165, 1.54) is 24.3 Å². The summed E-state index contributed by atoms with van der Waals surface area (Å²) in [5.74, 6) is -1.04. The Morgan fingerprint density at radius 2 is 1.78 bits per heavy atom. The number of aliphatic hydroxyl groups excluding tert-OH is 1. The van der Waals surface area contributed by atoms with Crippen LogP contribution in [-0.4, -0.2) is 5.11 Å². The summed E-state index contributed by atoms with van der Waals surface area (Å²) in [6, 6.07) is 8.61. The molecule has 18 heavy (non-hydrogen) atoms. The summed E-state index contributed by atoms with van der Waals surface area (Å²) < 4.78 is 27.8. The summed E-state index contributed by atoms with van der Waals surface area (Å²) >= 11 is 6.18. The summed E-state index contributed by atoms with van der Waals surface area (Å²) in [5.41, 5.74) is 0.390. The van der Waals surface area contributed by atoms with Gasteiger partial charge in [0.1, 0.15) is 17.7 Å². The van der Waals surface area contributed by atoms with Gasteiger partial charge in [0.05, 0.1) is 4.47 Å². The van der Waals surface area contributed by atoms with Gasteiger partial charge in [0.15, 0.2) is 0 Å². The van der Waals surface area contributed by atoms with Crippen molar-refractivity contribution in [3.63, 3.8) is 0 Å². The molecule has 1 nitrogen and oxygen atoms in total. The number of halogens is 4. The van der Waals surface area contributed by atoms with Crippen LogP contribution in [0.15, 0.2) is 45.3 Å². The lowest BCUT2D eigenvalue weighted by molar-refractivity contribution is 0.214. The van der Waals surface area contributed by atoms with Gasteiger partial charge in [-0.3, -0.25) is 0 Å². The molecule has 0 fully saturated rings. The van der Waals surface area contributed by atoms with E-state index < -0.39 is 17.7 Å². The van der Waals surface area contributed by atoms with Crippen LogP contribution < -0.4 is 0 Å². The Bertz CT molecular complexity index is 567. The fourth-order valence-electron chi connectivity index (χ4n) is 1.64. The predicted molar refractivity (Wildman–Crippen MR) is 72.3 cm³/mol. The molecule has 0 aromatic heterocycles. The lowest BCUT2D eigenvalue weighted by Gasteiger charge is -2.13. The van der Waals surface area contributed by atoms with Crippen LogP contribution in [0.3, 0.4) is 0 Å². The van der Waals surface area contributed by atoms with Gasteiger partial charge in [-0.2, -0.15) is 0 Å². The van der Waals surface area contributed by atoms with Crippen LogP contribution in [0.25, 0.3) is 0 Å². The standard InChI is InChI=1S/C13H8Br2F2O/c14-8-4-7(5-9(16)6-8)13(18)10-2-1-3-11(15)12(10)17/h1-6,13,18H. The SMILES string of the molecule is OC(c1cc(F)cc(Br)c1)c1cccc(Br)c1F. The van der Waals surface area contributed by atoms with Gasteiger partial charge in [0.25, 0.3) is 0 Å². The van der Waals surface area contributed by atoms with E-state index in [9.17, 15) is 13.9 Å². The van der Waals surface area contributed by atoms with Crippen molar-refractivity contribution in [2.24, 2.45) is 0 Å². The van der Waals surface area contributed by atoms with Crippen molar-refractivity contribution in [2.75, 3.05) is 0 Å². The lowest BCUT2D eigenvalue weighted by atomic mass is 10.0. The molecular weight excluding hydrogens is 370 g/mol. The van der Waals surface area contributed by atoms with Gasteiger partial charge in [0.2, 0.25) is 0 Å². The van der Waals surface area contributed by atoms with E-state index in [4.69, 9.17) is 0 Å². The molecule has 1 N–H and O–H groups in total. The van der Waals surface area contributed by atoms with Crippen LogP contribution in [0.1, 0.15) is 17.2 Å². The predicted octanol–water partition coefficient (Wildman–Crippen LogP) is 4.57. The second-order valence-corrected chi connectivity index (χ2v) is 5.52. The number of rotatable bonds is 2. The first-order valence-electron chi connectivity index (χ1n) is 5.07. The van der Waals surface area contributed by atoms with Gasteiger partial charge >= 0.3 is 0 Å². The zero-order valence-corrected chi connectivity index (χ0v) is 12.2. The van der Waals surface area contributed by atoms with Gasteiger partial charge in [-0.05, 0) is 45.8 Å². The molecule has 2 rings (SSSR count). The molecule has 0 radical (unpaired) electrons. The lowest BCUT2D eigenvalue weighted by Crippen LogP contribution is -2.03. The first-order chi connectivity index (χ1) is 8.49. The Morgan fingerprint density at radius 1 is 1.06 bits per heavy atom. The molecule has 0 amide bonds. The Kier molecular flexibility index (Phi) is 4.14. The summed E-state index contributed by atoms with van der Waals surface area (Å²) in [6.45, 7) is 0. The molecular formula is C13H8Br2F2O. The van der Waals surface area contributed by atoms with E-state index in [1.54, 1.807) is 12.1 Å². The van der Waals surface area contributed by atoms with E-state index in [0.717, 1.165) is 0 Å². The Hall–Kier alpha value is -0.780. The average Bonchev–Trinajstić information content (AvgIpc) is 2.30. The highest BCUT2D eigenvalue weighted by molar-refractivity contribution is 9.10. The quantitative estimate of drug-likeness (QED) is 0.812. The second-order valence-electron chi connectivity index (χ2n) is 3.75. The molecule has 0 bridgehead atoms. The highest BCUT2D eigenvalue weighted by Crippen LogP contribution is 2.30. The van der Waals surface area contributed by atoms with E-state index in [0.29, 0.717) is 10.0 Å². The highest BCUT2D eigenvalue weighted by Gasteiger charge is 2.17. The third-order valence-corrected chi connectivity index (χ3v) is 3.55. The van der Waals surface area contributed by atoms with Crippen LogP contribution in [-0.2, 0) is 0 Å². The Labute approximate surface area is 120 Å². The maximum absolute atomic E-state index is 13.8. The van der Waals surface area contributed by atoms with Crippen LogP contribution in [0, 0.1) is 11.6 Å². The summed E-state index contributed by atoms with van der Waals surface area (Å²) in [4.78, 5) is 0. The fourth-order valence-corrected chi connectivity index (χ4v) is 2.51. The van der Waals surface area contributed by atoms with Crippen molar-refractivity contribution in [3.8, 4) is 0 Å². The molecule has 94 valence electrons. The monoisotopic (exact) mass is 376 g/mol. The third kappa shape index (κ3) is 2.79. The van der Waals surface area contributed by atoms with Crippen LogP contribution >= 0.6 is 31.9 Å². The van der Waals surface area contributed by atoms with Gasteiger partial charge in [0, 0.05) is 10.0 Å². The van der Waals surface area contributed by atoms with E-state index in [-0.39, 0.29) is 10.0 Å². The topological polar surface area (TPSA) is 20.2 Å². The average molecular weight is 378 g/mol. The van der Waals surface area contributed by atoms with Crippen molar-refractivity contribution in [3.05, 3.63) is 68.1 Å². The van der Waals surface area contributed by atoms with Crippen LogP contribution in [0.5, 0.6) is 0 Å². The molecule has 0 saturated carbocycles. The molecule has 0 aliphatic rings. The number of aliphatic hydroxyl groups is 1. The van der Waals surface area contributed by atoms with Gasteiger partial charge < -0.3 is 5.11 Å². The van der Waals surface area contributed by atoms with Crippen molar-refractivity contribution in [1.29, 1.82) is 0 Å². The molecule has 2 aromatic rings. The smallest absolute Gasteiger partial charge is 0.143 e. The number of benzene rings is 2. The normalized spacial score (nSPS) is 12.5. The van der Waals surface area contributed by atoms with Crippen LogP contribution in [0.2, 0.25) is 0 Å². The maximum Gasteiger partial charge on any atom is 0.143 e. The van der Waals surface area contributed by atoms with Crippen molar-refractivity contribution >= 4 is 31.9 Å². The minimum absolute atomic E-state index is 0.0990. The second kappa shape index (κ2) is 5.47. The minimum Gasteiger partial charge on any atom is -0.384 e. The summed E-state index contributed by atoms with van der Waals surface area (Å²) in [7, 11) is 0. The van der Waals surface area contributed by atoms with Crippen LogP contribution in [0.4, 0.5) is 8.78 Å². The maximum atomic E-state index is 13.8. The van der Waals surface area contributed by atoms with Gasteiger partial charge in [-0.25, -0.2) is 8.78 Å². The Balaban J connectivity index is 2.47. The van der Waals surface area contributed by atoms with E-state index in [1.807, 2.05) is 0 Å². The molecule has 5 heteroatoms. The first-order valence-corrected chi connectivity index (χ1v) is 6.65. The number of hydrogen-bond donors (Lipinski definition) is 1. The van der Waals surface area contributed by atoms with Gasteiger partial charge in [-0.15, -0.1) is 0 Å². The molecule has 1 unspecified atom stereocenters. The minimum atomic E-state index is -1.21. The first kappa shape index (κ1) is 13.6. The number of hydrogen-bond acceptors (Lipinski definition) is 1. The fraction of sp³-hybridized carbons (Fsp3) is 0.0769. The molecule has 0 saturated heterocycles. The van der Waals surface area contributed by atoms with Crippen molar-refractivity contribution in [1.82, 2.24) is 0 Å². The molecule has 0 aliphatic carbocycles. The zero-order valence-electron chi connectivity index (χ0n) is 9.00. The highest BCUT2D eigenvalue weighted by atomic mass is 79.9. The molecule has 1 atom stereocenters. The van der Waals surface area contributed by atoms with Gasteiger partial charge in [-0.1, -0.05) is 28.1 Å². The van der Waals surface area contributed by atoms with Crippen molar-refractivity contribution in [2.45, 2.75) is 6.10 Å². The zero-order chi connectivity index (χ0) is 13.3. The van der Waals surface area contributed by atoms with Crippen molar-refractivity contribution < 1.29 is 13.9 Å². The Morgan fingerprint density at radius 3 is 2.44 bits per heavy atom. The molecule has 2 aromatic carbocycles. The molecule has 0 aliphatic heterocycles. The third-order valence-electron chi connectivity index (χ3n) is 2.48. The van der Waals surface area contributed by atoms with E-state index >= 15 is 0 Å². The largest absolute Gasteiger partial charge is 0.384 e. The summed E-state index contributed by atoms with van der Waals surface area (Å²) in [5, 5.41) is 10.1. The van der Waals surface area contributed by atoms with E-state index in [2.05, 4.69) is 31.9 Å². The summed E-state index contributed by atoms with van der Waals surface area (Å²) in [6.07, 6.45) is -1.21.